The lowest BCUT2D eigenvalue weighted by Gasteiger charge is -2.31. The van der Waals surface area contributed by atoms with Gasteiger partial charge in [-0.25, -0.2) is 12.7 Å². The van der Waals surface area contributed by atoms with E-state index in [-0.39, 0.29) is 11.4 Å². The summed E-state index contributed by atoms with van der Waals surface area (Å²) in [6.07, 6.45) is 1.72. The number of hydrogen-bond donors (Lipinski definition) is 1. The molecule has 0 aliphatic carbocycles. The second kappa shape index (κ2) is 7.17. The number of nitro groups is 1. The SMILES string of the molecule is CNCC1CCN(S(=O)(=O)Cc2ccc([N+](=O)[O-])cc2)CC1. The van der Waals surface area contributed by atoms with E-state index in [1.807, 2.05) is 7.05 Å². The molecule has 0 aromatic heterocycles. The van der Waals surface area contributed by atoms with Crippen LogP contribution in [0, 0.1) is 16.0 Å². The fourth-order valence-electron chi connectivity index (χ4n) is 2.70. The summed E-state index contributed by atoms with van der Waals surface area (Å²) in [4.78, 5) is 10.1. The van der Waals surface area contributed by atoms with Crippen molar-refractivity contribution in [2.75, 3.05) is 26.7 Å². The van der Waals surface area contributed by atoms with E-state index in [1.54, 1.807) is 0 Å². The number of benzene rings is 1. The van der Waals surface area contributed by atoms with Gasteiger partial charge in [-0.2, -0.15) is 0 Å². The third kappa shape index (κ3) is 4.25. The Balaban J connectivity index is 1.98. The second-order valence-electron chi connectivity index (χ2n) is 5.58. The maximum atomic E-state index is 12.4. The molecule has 0 unspecified atom stereocenters. The first-order valence-corrected chi connectivity index (χ1v) is 8.89. The summed E-state index contributed by atoms with van der Waals surface area (Å²) in [7, 11) is -1.46. The number of nitro benzene ring substituents is 1. The summed E-state index contributed by atoms with van der Waals surface area (Å²) in [6, 6.07) is 5.68. The third-order valence-corrected chi connectivity index (χ3v) is 5.81. The first-order valence-electron chi connectivity index (χ1n) is 7.28. The lowest BCUT2D eigenvalue weighted by atomic mass is 9.98. The Kier molecular flexibility index (Phi) is 5.49. The summed E-state index contributed by atoms with van der Waals surface area (Å²) < 4.78 is 26.4. The number of hydrogen-bond acceptors (Lipinski definition) is 5. The van der Waals surface area contributed by atoms with Crippen molar-refractivity contribution in [1.29, 1.82) is 0 Å². The fourth-order valence-corrected chi connectivity index (χ4v) is 4.26. The van der Waals surface area contributed by atoms with E-state index >= 15 is 0 Å². The summed E-state index contributed by atoms with van der Waals surface area (Å²) in [5.74, 6) is 0.414. The Bertz CT molecular complexity index is 607. The molecule has 1 aromatic carbocycles. The van der Waals surface area contributed by atoms with E-state index in [0.717, 1.165) is 19.4 Å². The van der Waals surface area contributed by atoms with Crippen molar-refractivity contribution in [3.63, 3.8) is 0 Å². The minimum Gasteiger partial charge on any atom is -0.319 e. The number of non-ortho nitro benzene ring substituents is 1. The van der Waals surface area contributed by atoms with Crippen LogP contribution in [-0.2, 0) is 15.8 Å². The Morgan fingerprint density at radius 2 is 1.86 bits per heavy atom. The van der Waals surface area contributed by atoms with Gasteiger partial charge in [0.25, 0.3) is 5.69 Å². The largest absolute Gasteiger partial charge is 0.319 e. The molecule has 0 atom stereocenters. The summed E-state index contributed by atoms with van der Waals surface area (Å²) >= 11 is 0. The van der Waals surface area contributed by atoms with Crippen LogP contribution in [0.1, 0.15) is 18.4 Å². The quantitative estimate of drug-likeness (QED) is 0.629. The van der Waals surface area contributed by atoms with Gasteiger partial charge in [-0.05, 0) is 37.9 Å². The van der Waals surface area contributed by atoms with Gasteiger partial charge >= 0.3 is 0 Å². The van der Waals surface area contributed by atoms with E-state index < -0.39 is 14.9 Å². The van der Waals surface area contributed by atoms with Gasteiger partial charge < -0.3 is 5.32 Å². The highest BCUT2D eigenvalue weighted by molar-refractivity contribution is 7.88. The Morgan fingerprint density at radius 1 is 1.27 bits per heavy atom. The predicted octanol–water partition coefficient (Wildman–Crippen LogP) is 1.36. The first-order chi connectivity index (χ1) is 10.4. The van der Waals surface area contributed by atoms with Gasteiger partial charge in [0.15, 0.2) is 0 Å². The third-order valence-electron chi connectivity index (χ3n) is 3.96. The van der Waals surface area contributed by atoms with E-state index in [0.29, 0.717) is 24.6 Å². The number of sulfonamides is 1. The number of nitrogens with one attached hydrogen (secondary N) is 1. The van der Waals surface area contributed by atoms with E-state index in [2.05, 4.69) is 5.32 Å². The number of rotatable bonds is 6. The molecule has 1 N–H and O–H groups in total. The summed E-state index contributed by atoms with van der Waals surface area (Å²) in [5.41, 5.74) is 0.539. The van der Waals surface area contributed by atoms with Gasteiger partial charge in [0, 0.05) is 25.2 Å². The molecule has 1 saturated heterocycles. The summed E-state index contributed by atoms with van der Waals surface area (Å²) in [5, 5.41) is 13.7. The fraction of sp³-hybridized carbons (Fsp3) is 0.571. The molecule has 122 valence electrons. The van der Waals surface area contributed by atoms with Crippen LogP contribution in [0.25, 0.3) is 0 Å². The minimum absolute atomic E-state index is 0.0333. The first kappa shape index (κ1) is 16.9. The zero-order valence-electron chi connectivity index (χ0n) is 12.6. The monoisotopic (exact) mass is 327 g/mol. The van der Waals surface area contributed by atoms with E-state index in [4.69, 9.17) is 0 Å². The molecule has 1 aliphatic heterocycles. The van der Waals surface area contributed by atoms with Crippen LogP contribution in [0.3, 0.4) is 0 Å². The topological polar surface area (TPSA) is 92.6 Å². The summed E-state index contributed by atoms with van der Waals surface area (Å²) in [6.45, 7) is 2.00. The molecule has 1 fully saturated rings. The molecule has 0 radical (unpaired) electrons. The van der Waals surface area contributed by atoms with Crippen molar-refractivity contribution < 1.29 is 13.3 Å². The van der Waals surface area contributed by atoms with Gasteiger partial charge in [-0.1, -0.05) is 12.1 Å². The molecule has 22 heavy (non-hydrogen) atoms. The van der Waals surface area contributed by atoms with Crippen molar-refractivity contribution >= 4 is 15.7 Å². The van der Waals surface area contributed by atoms with Gasteiger partial charge in [0.05, 0.1) is 10.7 Å². The smallest absolute Gasteiger partial charge is 0.269 e. The van der Waals surface area contributed by atoms with Crippen molar-refractivity contribution in [2.24, 2.45) is 5.92 Å². The molecule has 8 heteroatoms. The molecular weight excluding hydrogens is 306 g/mol. The highest BCUT2D eigenvalue weighted by Gasteiger charge is 2.27. The van der Waals surface area contributed by atoms with Crippen molar-refractivity contribution in [1.82, 2.24) is 9.62 Å². The van der Waals surface area contributed by atoms with E-state index in [1.165, 1.54) is 28.6 Å². The Morgan fingerprint density at radius 3 is 2.36 bits per heavy atom. The minimum atomic E-state index is -3.36. The number of piperidine rings is 1. The van der Waals surface area contributed by atoms with Crippen LogP contribution in [-0.4, -0.2) is 44.3 Å². The maximum absolute atomic E-state index is 12.4. The van der Waals surface area contributed by atoms with Crippen LogP contribution in [0.5, 0.6) is 0 Å². The van der Waals surface area contributed by atoms with Crippen LogP contribution in [0.4, 0.5) is 5.69 Å². The molecule has 1 heterocycles. The normalized spacial score (nSPS) is 17.5. The molecule has 0 amide bonds. The zero-order chi connectivity index (χ0) is 16.2. The standard InChI is InChI=1S/C14H21N3O4S/c1-15-10-12-6-8-16(9-7-12)22(20,21)11-13-2-4-14(5-3-13)17(18)19/h2-5,12,15H,6-11H2,1H3. The highest BCUT2D eigenvalue weighted by atomic mass is 32.2. The highest BCUT2D eigenvalue weighted by Crippen LogP contribution is 2.22. The van der Waals surface area contributed by atoms with Crippen molar-refractivity contribution in [3.05, 3.63) is 39.9 Å². The van der Waals surface area contributed by atoms with Gasteiger partial charge in [-0.3, -0.25) is 10.1 Å². The lowest BCUT2D eigenvalue weighted by molar-refractivity contribution is -0.384. The molecule has 2 rings (SSSR count). The Hall–Kier alpha value is -1.51. The van der Waals surface area contributed by atoms with Crippen LogP contribution >= 0.6 is 0 Å². The van der Waals surface area contributed by atoms with Crippen molar-refractivity contribution in [2.45, 2.75) is 18.6 Å². The van der Waals surface area contributed by atoms with Crippen LogP contribution in [0.2, 0.25) is 0 Å². The van der Waals surface area contributed by atoms with Crippen LogP contribution in [0.15, 0.2) is 24.3 Å². The molecule has 0 saturated carbocycles. The van der Waals surface area contributed by atoms with Gasteiger partial charge in [0.2, 0.25) is 10.0 Å². The van der Waals surface area contributed by atoms with E-state index in [9.17, 15) is 18.5 Å². The molecular formula is C14H21N3O4S. The lowest BCUT2D eigenvalue weighted by Crippen LogP contribution is -2.40. The predicted molar refractivity (Wildman–Crippen MR) is 83.9 cm³/mol. The Labute approximate surface area is 130 Å². The van der Waals surface area contributed by atoms with Crippen molar-refractivity contribution in [3.8, 4) is 0 Å². The molecule has 1 aromatic rings. The van der Waals surface area contributed by atoms with Gasteiger partial charge in [-0.15, -0.1) is 0 Å². The second-order valence-corrected chi connectivity index (χ2v) is 7.55. The molecule has 0 bridgehead atoms. The molecule has 1 aliphatic rings. The molecule has 0 spiro atoms. The maximum Gasteiger partial charge on any atom is 0.269 e. The zero-order valence-corrected chi connectivity index (χ0v) is 13.4. The average Bonchev–Trinajstić information content (AvgIpc) is 2.48. The molecule has 7 nitrogen and oxygen atoms in total. The number of nitrogens with zero attached hydrogens (tertiary/aromatic N) is 2. The van der Waals surface area contributed by atoms with Gasteiger partial charge in [0.1, 0.15) is 0 Å². The average molecular weight is 327 g/mol. The van der Waals surface area contributed by atoms with Crippen LogP contribution < -0.4 is 5.32 Å².